The predicted octanol–water partition coefficient (Wildman–Crippen LogP) is 3.15. The molecular formula is C16H22N2O6. The Morgan fingerprint density at radius 3 is 2.29 bits per heavy atom. The molecule has 0 N–H and O–H groups in total. The van der Waals surface area contributed by atoms with Crippen LogP contribution in [0.3, 0.4) is 0 Å². The quantitative estimate of drug-likeness (QED) is 0.342. The number of non-ortho nitro benzene ring substituents is 1. The second kappa shape index (κ2) is 8.28. The summed E-state index contributed by atoms with van der Waals surface area (Å²) in [7, 11) is 1.59. The summed E-state index contributed by atoms with van der Waals surface area (Å²) in [5, 5.41) is 10.5. The van der Waals surface area contributed by atoms with Crippen molar-refractivity contribution in [3.63, 3.8) is 0 Å². The standard InChI is InChI=1S/C16H22N2O6/c1-16(2,3)24-15(20)17(4)11-5-6-14(19)23-13-9-7-12(8-10-13)18(21)22/h7-10H,5-6,11H2,1-4H3. The lowest BCUT2D eigenvalue weighted by atomic mass is 10.2. The number of hydrogen-bond acceptors (Lipinski definition) is 6. The van der Waals surface area contributed by atoms with E-state index in [0.717, 1.165) is 0 Å². The predicted molar refractivity (Wildman–Crippen MR) is 86.8 cm³/mol. The van der Waals surface area contributed by atoms with E-state index in [0.29, 0.717) is 13.0 Å². The highest BCUT2D eigenvalue weighted by atomic mass is 16.6. The van der Waals surface area contributed by atoms with Crippen LogP contribution >= 0.6 is 0 Å². The molecule has 0 fully saturated rings. The molecule has 24 heavy (non-hydrogen) atoms. The molecule has 1 rings (SSSR count). The van der Waals surface area contributed by atoms with E-state index in [9.17, 15) is 19.7 Å². The molecule has 0 saturated carbocycles. The number of amides is 1. The second-order valence-electron chi connectivity index (χ2n) is 6.23. The summed E-state index contributed by atoms with van der Waals surface area (Å²) >= 11 is 0. The minimum Gasteiger partial charge on any atom is -0.444 e. The summed E-state index contributed by atoms with van der Waals surface area (Å²) < 4.78 is 10.3. The minimum absolute atomic E-state index is 0.0752. The van der Waals surface area contributed by atoms with Gasteiger partial charge in [0.15, 0.2) is 0 Å². The van der Waals surface area contributed by atoms with E-state index >= 15 is 0 Å². The fourth-order valence-electron chi connectivity index (χ4n) is 1.71. The van der Waals surface area contributed by atoms with Crippen molar-refractivity contribution in [3.05, 3.63) is 34.4 Å². The van der Waals surface area contributed by atoms with Gasteiger partial charge in [-0.2, -0.15) is 0 Å². The highest BCUT2D eigenvalue weighted by Gasteiger charge is 2.19. The highest BCUT2D eigenvalue weighted by molar-refractivity contribution is 5.72. The molecule has 8 heteroatoms. The Morgan fingerprint density at radius 1 is 1.21 bits per heavy atom. The van der Waals surface area contributed by atoms with E-state index < -0.39 is 22.6 Å². The Bertz CT molecular complexity index is 592. The molecule has 0 bridgehead atoms. The first-order valence-electron chi connectivity index (χ1n) is 7.48. The molecule has 0 aromatic heterocycles. The van der Waals surface area contributed by atoms with E-state index in [-0.39, 0.29) is 17.9 Å². The third-order valence-electron chi connectivity index (χ3n) is 2.86. The lowest BCUT2D eigenvalue weighted by Crippen LogP contribution is -2.34. The normalized spacial score (nSPS) is 10.8. The Hall–Kier alpha value is -2.64. The fraction of sp³-hybridized carbons (Fsp3) is 0.500. The molecule has 0 aliphatic carbocycles. The van der Waals surface area contributed by atoms with Gasteiger partial charge in [0.2, 0.25) is 0 Å². The van der Waals surface area contributed by atoms with Crippen molar-refractivity contribution in [1.82, 2.24) is 4.90 Å². The maximum absolute atomic E-state index is 11.7. The first-order valence-corrected chi connectivity index (χ1v) is 7.48. The number of nitro benzene ring substituents is 1. The monoisotopic (exact) mass is 338 g/mol. The molecule has 1 aromatic rings. The van der Waals surface area contributed by atoms with E-state index in [1.165, 1.54) is 29.2 Å². The van der Waals surface area contributed by atoms with Crippen LogP contribution in [0.5, 0.6) is 5.75 Å². The number of nitrogens with zero attached hydrogens (tertiary/aromatic N) is 2. The molecular weight excluding hydrogens is 316 g/mol. The number of hydrogen-bond donors (Lipinski definition) is 0. The van der Waals surface area contributed by atoms with E-state index in [1.807, 2.05) is 0 Å². The topological polar surface area (TPSA) is 99.0 Å². The third kappa shape index (κ3) is 7.08. The molecule has 1 amide bonds. The van der Waals surface area contributed by atoms with Crippen LogP contribution in [0.25, 0.3) is 0 Å². The van der Waals surface area contributed by atoms with Gasteiger partial charge in [-0.05, 0) is 39.3 Å². The molecule has 0 aliphatic heterocycles. The SMILES string of the molecule is CN(CCCC(=O)Oc1ccc([N+](=O)[O-])cc1)C(=O)OC(C)(C)C. The van der Waals surface area contributed by atoms with Crippen molar-refractivity contribution >= 4 is 17.7 Å². The van der Waals surface area contributed by atoms with Crippen LogP contribution in [0.1, 0.15) is 33.6 Å². The molecule has 132 valence electrons. The number of benzene rings is 1. The van der Waals surface area contributed by atoms with Crippen molar-refractivity contribution in [3.8, 4) is 5.75 Å². The first kappa shape index (κ1) is 19.4. The molecule has 0 unspecified atom stereocenters. The van der Waals surface area contributed by atoms with E-state index in [4.69, 9.17) is 9.47 Å². The summed E-state index contributed by atoms with van der Waals surface area (Å²) in [6.45, 7) is 5.69. The van der Waals surface area contributed by atoms with Crippen molar-refractivity contribution in [2.75, 3.05) is 13.6 Å². The number of carbonyl (C=O) groups excluding carboxylic acids is 2. The van der Waals surface area contributed by atoms with Gasteiger partial charge in [-0.15, -0.1) is 0 Å². The zero-order valence-corrected chi connectivity index (χ0v) is 14.3. The number of ether oxygens (including phenoxy) is 2. The van der Waals surface area contributed by atoms with Crippen molar-refractivity contribution in [2.24, 2.45) is 0 Å². The Balaban J connectivity index is 2.36. The van der Waals surface area contributed by atoms with Crippen molar-refractivity contribution in [1.29, 1.82) is 0 Å². The van der Waals surface area contributed by atoms with E-state index in [1.54, 1.807) is 27.8 Å². The number of nitro groups is 1. The largest absolute Gasteiger partial charge is 0.444 e. The van der Waals surface area contributed by atoms with Gasteiger partial charge >= 0.3 is 12.1 Å². The van der Waals surface area contributed by atoms with Crippen molar-refractivity contribution in [2.45, 2.75) is 39.2 Å². The third-order valence-corrected chi connectivity index (χ3v) is 2.86. The average molecular weight is 338 g/mol. The lowest BCUT2D eigenvalue weighted by Gasteiger charge is -2.24. The smallest absolute Gasteiger partial charge is 0.410 e. The molecule has 1 aromatic carbocycles. The second-order valence-corrected chi connectivity index (χ2v) is 6.23. The maximum atomic E-state index is 11.7. The molecule has 8 nitrogen and oxygen atoms in total. The van der Waals surface area contributed by atoms with Gasteiger partial charge in [0.05, 0.1) is 4.92 Å². The Labute approximate surface area is 140 Å². The van der Waals surface area contributed by atoms with Crippen LogP contribution in [0.4, 0.5) is 10.5 Å². The number of esters is 1. The van der Waals surface area contributed by atoms with Gasteiger partial charge in [0, 0.05) is 32.1 Å². The summed E-state index contributed by atoms with van der Waals surface area (Å²) in [6, 6.07) is 5.25. The van der Waals surface area contributed by atoms with Crippen LogP contribution < -0.4 is 4.74 Å². The van der Waals surface area contributed by atoms with Gasteiger partial charge in [0.25, 0.3) is 5.69 Å². The average Bonchev–Trinajstić information content (AvgIpc) is 2.45. The first-order chi connectivity index (χ1) is 11.1. The Kier molecular flexibility index (Phi) is 6.69. The number of carbonyl (C=O) groups is 2. The molecule has 0 saturated heterocycles. The van der Waals surface area contributed by atoms with Crippen LogP contribution in [0.15, 0.2) is 24.3 Å². The zero-order valence-electron chi connectivity index (χ0n) is 14.3. The maximum Gasteiger partial charge on any atom is 0.410 e. The lowest BCUT2D eigenvalue weighted by molar-refractivity contribution is -0.384. The van der Waals surface area contributed by atoms with Gasteiger partial charge in [-0.25, -0.2) is 4.79 Å². The van der Waals surface area contributed by atoms with Crippen LogP contribution in [0, 0.1) is 10.1 Å². The molecule has 0 radical (unpaired) electrons. The zero-order chi connectivity index (χ0) is 18.3. The molecule has 0 spiro atoms. The summed E-state index contributed by atoms with van der Waals surface area (Å²) in [5.74, 6) is -0.229. The molecule has 0 aliphatic rings. The van der Waals surface area contributed by atoms with Crippen LogP contribution in [-0.4, -0.2) is 41.1 Å². The highest BCUT2D eigenvalue weighted by Crippen LogP contribution is 2.18. The Morgan fingerprint density at radius 2 is 1.79 bits per heavy atom. The number of rotatable bonds is 6. The summed E-state index contributed by atoms with van der Waals surface area (Å²) in [5.41, 5.74) is -0.644. The van der Waals surface area contributed by atoms with Crippen LogP contribution in [-0.2, 0) is 9.53 Å². The van der Waals surface area contributed by atoms with Gasteiger partial charge in [-0.1, -0.05) is 0 Å². The summed E-state index contributed by atoms with van der Waals surface area (Å²) in [6.07, 6.45) is 0.0809. The van der Waals surface area contributed by atoms with Gasteiger partial charge < -0.3 is 14.4 Å². The fourth-order valence-corrected chi connectivity index (χ4v) is 1.71. The van der Waals surface area contributed by atoms with E-state index in [2.05, 4.69) is 0 Å². The van der Waals surface area contributed by atoms with Gasteiger partial charge in [0.1, 0.15) is 11.4 Å². The molecule has 0 atom stereocenters. The molecule has 0 heterocycles. The summed E-state index contributed by atoms with van der Waals surface area (Å²) in [4.78, 5) is 34.9. The van der Waals surface area contributed by atoms with Gasteiger partial charge in [-0.3, -0.25) is 14.9 Å². The minimum atomic E-state index is -0.569. The van der Waals surface area contributed by atoms with Crippen molar-refractivity contribution < 1.29 is 24.0 Å². The van der Waals surface area contributed by atoms with Crippen LogP contribution in [0.2, 0.25) is 0 Å².